The van der Waals surface area contributed by atoms with Crippen LogP contribution < -0.4 is 0 Å². The smallest absolute Gasteiger partial charge is 0.306 e. The van der Waals surface area contributed by atoms with Gasteiger partial charge in [0, 0.05) is 34.6 Å². The second kappa shape index (κ2) is 8.31. The van der Waals surface area contributed by atoms with Crippen LogP contribution in [0.15, 0.2) is 59.3 Å². The van der Waals surface area contributed by atoms with Crippen molar-refractivity contribution in [1.82, 2.24) is 10.1 Å². The van der Waals surface area contributed by atoms with Gasteiger partial charge >= 0.3 is 5.97 Å². The Balaban J connectivity index is 1.29. The van der Waals surface area contributed by atoms with E-state index in [0.29, 0.717) is 24.3 Å². The van der Waals surface area contributed by atoms with Gasteiger partial charge in [-0.15, -0.1) is 0 Å². The van der Waals surface area contributed by atoms with E-state index in [4.69, 9.17) is 9.26 Å². The normalized spacial score (nSPS) is 11.1. The third kappa shape index (κ3) is 4.21. The number of benzene rings is 2. The molecule has 148 valence electrons. The van der Waals surface area contributed by atoms with Gasteiger partial charge in [-0.3, -0.25) is 4.79 Å². The summed E-state index contributed by atoms with van der Waals surface area (Å²) in [6, 6.07) is 14.1. The van der Waals surface area contributed by atoms with Gasteiger partial charge in [-0.25, -0.2) is 4.39 Å². The Kier molecular flexibility index (Phi) is 5.42. The summed E-state index contributed by atoms with van der Waals surface area (Å²) < 4.78 is 23.8. The fourth-order valence-corrected chi connectivity index (χ4v) is 3.36. The van der Waals surface area contributed by atoms with Gasteiger partial charge in [-0.2, -0.15) is 0 Å². The van der Waals surface area contributed by atoms with Crippen molar-refractivity contribution in [3.05, 3.63) is 77.4 Å². The molecule has 5 nitrogen and oxygen atoms in total. The van der Waals surface area contributed by atoms with Crippen LogP contribution >= 0.6 is 0 Å². The third-order valence-corrected chi connectivity index (χ3v) is 5.00. The zero-order chi connectivity index (χ0) is 20.2. The maximum atomic E-state index is 13.1. The summed E-state index contributed by atoms with van der Waals surface area (Å²) in [6.45, 7) is 1.90. The highest BCUT2D eigenvalue weighted by Gasteiger charge is 2.15. The van der Waals surface area contributed by atoms with E-state index in [1.165, 1.54) is 23.1 Å². The molecule has 0 fully saturated rings. The molecule has 2 aromatic carbocycles. The average molecular weight is 392 g/mol. The molecule has 0 unspecified atom stereocenters. The summed E-state index contributed by atoms with van der Waals surface area (Å²) in [5.74, 6) is -0.0290. The van der Waals surface area contributed by atoms with Crippen LogP contribution in [0.2, 0.25) is 0 Å². The lowest BCUT2D eigenvalue weighted by Gasteiger charge is -2.04. The first-order chi connectivity index (χ1) is 14.1. The molecule has 0 aliphatic heterocycles. The minimum absolute atomic E-state index is 0.0580. The zero-order valence-electron chi connectivity index (χ0n) is 16.1. The number of fused-ring (bicyclic) bond motifs is 1. The molecule has 0 amide bonds. The maximum Gasteiger partial charge on any atom is 0.306 e. The van der Waals surface area contributed by atoms with Gasteiger partial charge in [0.25, 0.3) is 0 Å². The molecule has 0 spiro atoms. The molecule has 1 N–H and O–H groups in total. The Morgan fingerprint density at radius 2 is 1.97 bits per heavy atom. The van der Waals surface area contributed by atoms with E-state index < -0.39 is 0 Å². The molecule has 4 aromatic rings. The number of esters is 1. The van der Waals surface area contributed by atoms with Crippen molar-refractivity contribution >= 4 is 16.9 Å². The Hall–Kier alpha value is -3.41. The van der Waals surface area contributed by atoms with Crippen LogP contribution in [0.4, 0.5) is 4.39 Å². The third-order valence-electron chi connectivity index (χ3n) is 5.00. The summed E-state index contributed by atoms with van der Waals surface area (Å²) in [5, 5.41) is 5.18. The molecule has 2 aromatic heterocycles. The fourth-order valence-electron chi connectivity index (χ4n) is 3.36. The van der Waals surface area contributed by atoms with Gasteiger partial charge in [0.1, 0.15) is 18.1 Å². The lowest BCUT2D eigenvalue weighted by Crippen LogP contribution is -2.05. The SMILES string of the molecule is Cc1c(COC(=O)CCCc2c[nH]c3ccccc23)noc1-c1ccc(F)cc1. The highest BCUT2D eigenvalue weighted by Crippen LogP contribution is 2.26. The van der Waals surface area contributed by atoms with Gasteiger partial charge in [0.2, 0.25) is 0 Å². The minimum Gasteiger partial charge on any atom is -0.459 e. The predicted molar refractivity (Wildman–Crippen MR) is 108 cm³/mol. The number of carbonyl (C=O) groups is 1. The zero-order valence-corrected chi connectivity index (χ0v) is 16.1. The average Bonchev–Trinajstić information content (AvgIpc) is 3.31. The Labute approximate surface area is 167 Å². The van der Waals surface area contributed by atoms with E-state index >= 15 is 0 Å². The number of ether oxygens (including phenoxy) is 1. The molecule has 0 aliphatic carbocycles. The van der Waals surface area contributed by atoms with Gasteiger partial charge < -0.3 is 14.2 Å². The number of hydrogen-bond acceptors (Lipinski definition) is 4. The van der Waals surface area contributed by atoms with Crippen LogP contribution in [0, 0.1) is 12.7 Å². The lowest BCUT2D eigenvalue weighted by molar-refractivity contribution is -0.145. The van der Waals surface area contributed by atoms with E-state index in [0.717, 1.165) is 23.1 Å². The second-order valence-electron chi connectivity index (χ2n) is 6.96. The molecule has 0 radical (unpaired) electrons. The van der Waals surface area contributed by atoms with E-state index in [2.05, 4.69) is 16.2 Å². The number of H-pyrrole nitrogens is 1. The molecule has 0 saturated heterocycles. The number of aromatic amines is 1. The second-order valence-corrected chi connectivity index (χ2v) is 6.96. The highest BCUT2D eigenvalue weighted by atomic mass is 19.1. The first kappa shape index (κ1) is 18.9. The largest absolute Gasteiger partial charge is 0.459 e. The lowest BCUT2D eigenvalue weighted by atomic mass is 10.1. The summed E-state index contributed by atoms with van der Waals surface area (Å²) in [4.78, 5) is 15.3. The van der Waals surface area contributed by atoms with Crippen molar-refractivity contribution in [2.45, 2.75) is 32.8 Å². The Bertz CT molecular complexity index is 1130. The van der Waals surface area contributed by atoms with E-state index in [-0.39, 0.29) is 18.4 Å². The van der Waals surface area contributed by atoms with Crippen molar-refractivity contribution in [2.75, 3.05) is 0 Å². The van der Waals surface area contributed by atoms with Gasteiger partial charge in [-0.1, -0.05) is 23.4 Å². The Morgan fingerprint density at radius 1 is 1.17 bits per heavy atom. The number of rotatable bonds is 7. The molecule has 29 heavy (non-hydrogen) atoms. The van der Waals surface area contributed by atoms with Crippen molar-refractivity contribution < 1.29 is 18.4 Å². The Morgan fingerprint density at radius 3 is 2.79 bits per heavy atom. The van der Waals surface area contributed by atoms with Gasteiger partial charge in [0.15, 0.2) is 5.76 Å². The first-order valence-corrected chi connectivity index (χ1v) is 9.53. The number of aryl methyl sites for hydroxylation is 1. The molecule has 0 aliphatic rings. The maximum absolute atomic E-state index is 13.1. The van der Waals surface area contributed by atoms with Crippen LogP contribution in [0.25, 0.3) is 22.2 Å². The number of hydrogen-bond donors (Lipinski definition) is 1. The highest BCUT2D eigenvalue weighted by molar-refractivity contribution is 5.83. The number of para-hydroxylation sites is 1. The number of halogens is 1. The predicted octanol–water partition coefficient (Wildman–Crippen LogP) is 5.34. The van der Waals surface area contributed by atoms with E-state index in [1.54, 1.807) is 12.1 Å². The standard InChI is InChI=1S/C23H21FN2O3/c1-15-21(26-29-23(15)16-9-11-18(24)12-10-16)14-28-22(27)8-4-5-17-13-25-20-7-3-2-6-19(17)20/h2-3,6-7,9-13,25H,4-5,8,14H2,1H3. The molecule has 0 saturated carbocycles. The van der Waals surface area contributed by atoms with Crippen molar-refractivity contribution in [1.29, 1.82) is 0 Å². The van der Waals surface area contributed by atoms with Crippen LogP contribution in [0.5, 0.6) is 0 Å². The molecular weight excluding hydrogens is 371 g/mol. The van der Waals surface area contributed by atoms with Crippen molar-refractivity contribution in [2.24, 2.45) is 0 Å². The summed E-state index contributed by atoms with van der Waals surface area (Å²) >= 11 is 0. The van der Waals surface area contributed by atoms with E-state index in [1.807, 2.05) is 31.3 Å². The van der Waals surface area contributed by atoms with Crippen molar-refractivity contribution in [3.63, 3.8) is 0 Å². The summed E-state index contributed by atoms with van der Waals surface area (Å²) in [7, 11) is 0. The van der Waals surface area contributed by atoms with Crippen LogP contribution in [0.3, 0.4) is 0 Å². The quantitative estimate of drug-likeness (QED) is 0.431. The number of nitrogens with zero attached hydrogens (tertiary/aromatic N) is 1. The fraction of sp³-hybridized carbons (Fsp3) is 0.217. The molecule has 0 atom stereocenters. The first-order valence-electron chi connectivity index (χ1n) is 9.53. The minimum atomic E-state index is -0.312. The topological polar surface area (TPSA) is 68.1 Å². The monoisotopic (exact) mass is 392 g/mol. The van der Waals surface area contributed by atoms with Crippen LogP contribution in [-0.2, 0) is 22.6 Å². The van der Waals surface area contributed by atoms with Crippen LogP contribution in [-0.4, -0.2) is 16.1 Å². The van der Waals surface area contributed by atoms with Crippen LogP contribution in [0.1, 0.15) is 29.7 Å². The number of carbonyl (C=O) groups excluding carboxylic acids is 1. The van der Waals surface area contributed by atoms with Crippen molar-refractivity contribution in [3.8, 4) is 11.3 Å². The molecule has 6 heteroatoms. The summed E-state index contributed by atoms with van der Waals surface area (Å²) in [5.41, 5.74) is 4.37. The molecule has 4 rings (SSSR count). The number of nitrogens with one attached hydrogen (secondary N) is 1. The van der Waals surface area contributed by atoms with E-state index in [9.17, 15) is 9.18 Å². The molecular formula is C23H21FN2O3. The number of aromatic nitrogens is 2. The molecule has 2 heterocycles. The van der Waals surface area contributed by atoms with Gasteiger partial charge in [0.05, 0.1) is 0 Å². The summed E-state index contributed by atoms with van der Waals surface area (Å²) in [6.07, 6.45) is 3.84. The molecule has 0 bridgehead atoms. The van der Waals surface area contributed by atoms with Gasteiger partial charge in [-0.05, 0) is 55.7 Å².